The van der Waals surface area contributed by atoms with Gasteiger partial charge in [-0.3, -0.25) is 9.59 Å². The Morgan fingerprint density at radius 1 is 1.64 bits per heavy atom. The van der Waals surface area contributed by atoms with Crippen LogP contribution in [0.1, 0.15) is 9.67 Å². The molecule has 1 saturated heterocycles. The third-order valence-corrected chi connectivity index (χ3v) is 4.08. The summed E-state index contributed by atoms with van der Waals surface area (Å²) < 4.78 is 5.48. The molecular formula is C14H22N2O5S. The molecule has 1 unspecified atom stereocenters. The number of amides is 1. The lowest BCUT2D eigenvalue weighted by Gasteiger charge is -2.37. The van der Waals surface area contributed by atoms with Crippen molar-refractivity contribution in [1.82, 2.24) is 9.80 Å². The first kappa shape index (κ1) is 18.6. The molecule has 8 heteroatoms. The minimum Gasteiger partial charge on any atom is -0.483 e. The predicted molar refractivity (Wildman–Crippen MR) is 83.2 cm³/mol. The highest BCUT2D eigenvalue weighted by atomic mass is 32.1. The van der Waals surface area contributed by atoms with E-state index in [-0.39, 0.29) is 25.0 Å². The van der Waals surface area contributed by atoms with E-state index in [1.54, 1.807) is 0 Å². The maximum atomic E-state index is 12.4. The number of carbonyl (C=O) groups excluding carboxylic acids is 1. The standard InChI is InChI=1S/C13H20N2O3S.CH2O2/c1-14(4-6-16)9-11-10-18-7-5-15(11)13(17)12-3-2-8-19-12;2-1-3/h2-3,8,11,16H,4-7,9-10H2,1H3;1H,(H,2,3). The van der Waals surface area contributed by atoms with Gasteiger partial charge < -0.3 is 24.7 Å². The minimum atomic E-state index is -0.250. The fourth-order valence-electron chi connectivity index (χ4n) is 2.24. The smallest absolute Gasteiger partial charge is 0.290 e. The molecule has 0 spiro atoms. The molecule has 0 radical (unpaired) electrons. The summed E-state index contributed by atoms with van der Waals surface area (Å²) in [5.74, 6) is 0.0840. The number of carbonyl (C=O) groups is 2. The number of morpholine rings is 1. The highest BCUT2D eigenvalue weighted by Crippen LogP contribution is 2.17. The molecule has 1 fully saturated rings. The Kier molecular flexibility index (Phi) is 8.68. The molecule has 1 amide bonds. The van der Waals surface area contributed by atoms with E-state index in [1.165, 1.54) is 11.3 Å². The Morgan fingerprint density at radius 2 is 2.36 bits per heavy atom. The number of aliphatic hydroxyl groups is 1. The summed E-state index contributed by atoms with van der Waals surface area (Å²) in [6.45, 7) is 3.00. The number of rotatable bonds is 5. The van der Waals surface area contributed by atoms with Crippen LogP contribution >= 0.6 is 11.3 Å². The molecule has 7 nitrogen and oxygen atoms in total. The van der Waals surface area contributed by atoms with Crippen LogP contribution in [0.4, 0.5) is 0 Å². The Bertz CT molecular complexity index is 440. The number of ether oxygens (including phenoxy) is 1. The van der Waals surface area contributed by atoms with Crippen molar-refractivity contribution in [3.05, 3.63) is 22.4 Å². The fourth-order valence-corrected chi connectivity index (χ4v) is 2.92. The molecule has 2 rings (SSSR count). The first-order valence-corrected chi connectivity index (χ1v) is 7.81. The summed E-state index contributed by atoms with van der Waals surface area (Å²) in [5.41, 5.74) is 0. The van der Waals surface area contributed by atoms with Gasteiger partial charge in [-0.25, -0.2) is 0 Å². The Labute approximate surface area is 133 Å². The highest BCUT2D eigenvalue weighted by molar-refractivity contribution is 7.12. The normalized spacial score (nSPS) is 17.8. The molecule has 0 saturated carbocycles. The van der Waals surface area contributed by atoms with E-state index in [0.29, 0.717) is 26.3 Å². The molecule has 1 aromatic rings. The van der Waals surface area contributed by atoms with Gasteiger partial charge in [-0.1, -0.05) is 6.07 Å². The summed E-state index contributed by atoms with van der Waals surface area (Å²) in [4.78, 5) is 25.5. The van der Waals surface area contributed by atoms with Gasteiger partial charge in [0.25, 0.3) is 12.4 Å². The van der Waals surface area contributed by atoms with Crippen LogP contribution in [0.15, 0.2) is 17.5 Å². The number of nitrogens with zero attached hydrogens (tertiary/aromatic N) is 2. The fraction of sp³-hybridized carbons (Fsp3) is 0.571. The molecule has 0 aromatic carbocycles. The third kappa shape index (κ3) is 5.72. The zero-order valence-electron chi connectivity index (χ0n) is 12.6. The van der Waals surface area contributed by atoms with Gasteiger partial charge in [0.05, 0.1) is 30.7 Å². The van der Waals surface area contributed by atoms with E-state index in [2.05, 4.69) is 0 Å². The Hall–Kier alpha value is -1.48. The summed E-state index contributed by atoms with van der Waals surface area (Å²) in [6, 6.07) is 3.81. The number of likely N-dealkylation sites (N-methyl/N-ethyl adjacent to an activating group) is 1. The first-order chi connectivity index (χ1) is 10.6. The van der Waals surface area contributed by atoms with Gasteiger partial charge in [-0.15, -0.1) is 11.3 Å². The average molecular weight is 330 g/mol. The molecule has 1 aromatic heterocycles. The predicted octanol–water partition coefficient (Wildman–Crippen LogP) is 0.214. The number of carboxylic acid groups (broad SMARTS) is 1. The molecule has 2 N–H and O–H groups in total. The lowest BCUT2D eigenvalue weighted by atomic mass is 10.2. The van der Waals surface area contributed by atoms with Crippen molar-refractivity contribution in [2.24, 2.45) is 0 Å². The molecule has 0 aliphatic carbocycles. The van der Waals surface area contributed by atoms with Crippen molar-refractivity contribution in [2.45, 2.75) is 6.04 Å². The second-order valence-electron chi connectivity index (χ2n) is 4.80. The molecule has 1 atom stereocenters. The lowest BCUT2D eigenvalue weighted by Crippen LogP contribution is -2.53. The number of hydrogen-bond donors (Lipinski definition) is 2. The van der Waals surface area contributed by atoms with Crippen molar-refractivity contribution >= 4 is 23.7 Å². The molecule has 1 aliphatic rings. The van der Waals surface area contributed by atoms with Crippen molar-refractivity contribution in [2.75, 3.05) is 46.5 Å². The van der Waals surface area contributed by atoms with Crippen LogP contribution in [0.2, 0.25) is 0 Å². The van der Waals surface area contributed by atoms with Crippen molar-refractivity contribution in [1.29, 1.82) is 0 Å². The quantitative estimate of drug-likeness (QED) is 0.750. The molecule has 22 heavy (non-hydrogen) atoms. The van der Waals surface area contributed by atoms with Crippen LogP contribution in [-0.4, -0.2) is 84.9 Å². The van der Waals surface area contributed by atoms with Gasteiger partial charge in [-0.2, -0.15) is 0 Å². The lowest BCUT2D eigenvalue weighted by molar-refractivity contribution is -0.122. The van der Waals surface area contributed by atoms with Gasteiger partial charge in [0, 0.05) is 19.6 Å². The summed E-state index contributed by atoms with van der Waals surface area (Å²) >= 11 is 1.47. The van der Waals surface area contributed by atoms with Crippen LogP contribution in [-0.2, 0) is 9.53 Å². The molecule has 0 bridgehead atoms. The maximum Gasteiger partial charge on any atom is 0.290 e. The first-order valence-electron chi connectivity index (χ1n) is 6.93. The van der Waals surface area contributed by atoms with Crippen molar-refractivity contribution in [3.8, 4) is 0 Å². The van der Waals surface area contributed by atoms with Crippen LogP contribution < -0.4 is 0 Å². The second kappa shape index (κ2) is 10.3. The van der Waals surface area contributed by atoms with Gasteiger partial charge >= 0.3 is 0 Å². The van der Waals surface area contributed by atoms with Gasteiger partial charge in [0.2, 0.25) is 0 Å². The van der Waals surface area contributed by atoms with Crippen LogP contribution in [0.3, 0.4) is 0 Å². The maximum absolute atomic E-state index is 12.4. The second-order valence-corrected chi connectivity index (χ2v) is 5.74. The summed E-state index contributed by atoms with van der Waals surface area (Å²) in [5, 5.41) is 17.7. The van der Waals surface area contributed by atoms with Gasteiger partial charge in [0.1, 0.15) is 0 Å². The van der Waals surface area contributed by atoms with E-state index < -0.39 is 0 Å². The Balaban J connectivity index is 0.000000745. The zero-order chi connectivity index (χ0) is 16.4. The van der Waals surface area contributed by atoms with Crippen molar-refractivity contribution < 1.29 is 24.5 Å². The van der Waals surface area contributed by atoms with E-state index >= 15 is 0 Å². The van der Waals surface area contributed by atoms with Crippen LogP contribution in [0, 0.1) is 0 Å². The van der Waals surface area contributed by atoms with Gasteiger partial charge in [0.15, 0.2) is 0 Å². The molecule has 1 aliphatic heterocycles. The summed E-state index contributed by atoms with van der Waals surface area (Å²) in [7, 11) is 1.94. The van der Waals surface area contributed by atoms with E-state index in [4.69, 9.17) is 19.7 Å². The number of aliphatic hydroxyl groups excluding tert-OH is 1. The topological polar surface area (TPSA) is 90.3 Å². The molecular weight excluding hydrogens is 308 g/mol. The molecule has 124 valence electrons. The minimum absolute atomic E-state index is 0.0555. The summed E-state index contributed by atoms with van der Waals surface area (Å²) in [6.07, 6.45) is 0. The van der Waals surface area contributed by atoms with E-state index in [1.807, 2.05) is 34.4 Å². The zero-order valence-corrected chi connectivity index (χ0v) is 13.4. The SMILES string of the molecule is CN(CCO)CC1COCCN1C(=O)c1cccs1.O=CO. The van der Waals surface area contributed by atoms with Crippen LogP contribution in [0.25, 0.3) is 0 Å². The van der Waals surface area contributed by atoms with Crippen molar-refractivity contribution in [3.63, 3.8) is 0 Å². The average Bonchev–Trinajstić information content (AvgIpc) is 3.02. The molecule has 2 heterocycles. The van der Waals surface area contributed by atoms with E-state index in [0.717, 1.165) is 11.4 Å². The largest absolute Gasteiger partial charge is 0.483 e. The monoisotopic (exact) mass is 330 g/mol. The number of hydrogen-bond acceptors (Lipinski definition) is 6. The van der Waals surface area contributed by atoms with E-state index in [9.17, 15) is 4.79 Å². The van der Waals surface area contributed by atoms with Gasteiger partial charge in [-0.05, 0) is 18.5 Å². The highest BCUT2D eigenvalue weighted by Gasteiger charge is 2.29. The Morgan fingerprint density at radius 3 is 2.95 bits per heavy atom. The number of thiophene rings is 1. The third-order valence-electron chi connectivity index (χ3n) is 3.22. The van der Waals surface area contributed by atoms with Crippen LogP contribution in [0.5, 0.6) is 0 Å².